The van der Waals surface area contributed by atoms with Gasteiger partial charge in [0.25, 0.3) is 5.92 Å². The molecule has 1 aliphatic rings. The summed E-state index contributed by atoms with van der Waals surface area (Å²) < 4.78 is 28.1. The standard InChI is InChI=1S/C14H17F2NO2/c1-13(12(18)19)7-8-17(9-13)10-14(15,16)11-5-3-2-4-6-11/h2-6H,7-10H2,1H3,(H,18,19). The molecule has 2 rings (SSSR count). The molecule has 1 atom stereocenters. The highest BCUT2D eigenvalue weighted by Crippen LogP contribution is 2.35. The highest BCUT2D eigenvalue weighted by molar-refractivity contribution is 5.74. The lowest BCUT2D eigenvalue weighted by atomic mass is 9.90. The minimum Gasteiger partial charge on any atom is -0.481 e. The molecule has 19 heavy (non-hydrogen) atoms. The number of halogens is 2. The monoisotopic (exact) mass is 269 g/mol. The molecule has 1 unspecified atom stereocenters. The molecule has 0 amide bonds. The van der Waals surface area contributed by atoms with Gasteiger partial charge in [0, 0.05) is 12.1 Å². The second-order valence-corrected chi connectivity index (χ2v) is 5.40. The molecular weight excluding hydrogens is 252 g/mol. The van der Waals surface area contributed by atoms with E-state index < -0.39 is 23.9 Å². The molecule has 0 bridgehead atoms. The van der Waals surface area contributed by atoms with E-state index >= 15 is 0 Å². The van der Waals surface area contributed by atoms with Crippen LogP contribution < -0.4 is 0 Å². The Labute approximate surface area is 110 Å². The Bertz CT molecular complexity index is 464. The Hall–Kier alpha value is -1.49. The fourth-order valence-electron chi connectivity index (χ4n) is 2.42. The van der Waals surface area contributed by atoms with Crippen molar-refractivity contribution in [2.75, 3.05) is 19.6 Å². The van der Waals surface area contributed by atoms with Crippen LogP contribution in [0.1, 0.15) is 18.9 Å². The first-order valence-corrected chi connectivity index (χ1v) is 6.23. The van der Waals surface area contributed by atoms with E-state index in [2.05, 4.69) is 0 Å². The van der Waals surface area contributed by atoms with Gasteiger partial charge < -0.3 is 5.11 Å². The number of hydrogen-bond acceptors (Lipinski definition) is 2. The molecule has 1 aliphatic heterocycles. The second-order valence-electron chi connectivity index (χ2n) is 5.40. The molecule has 5 heteroatoms. The number of carboxylic acid groups (broad SMARTS) is 1. The topological polar surface area (TPSA) is 40.5 Å². The minimum absolute atomic E-state index is 0.0288. The van der Waals surface area contributed by atoms with Crippen LogP contribution in [0, 0.1) is 5.41 Å². The van der Waals surface area contributed by atoms with Crippen LogP contribution in [0.3, 0.4) is 0 Å². The van der Waals surface area contributed by atoms with E-state index in [1.165, 1.54) is 17.0 Å². The van der Waals surface area contributed by atoms with Gasteiger partial charge in [-0.1, -0.05) is 30.3 Å². The van der Waals surface area contributed by atoms with Gasteiger partial charge in [0.05, 0.1) is 12.0 Å². The molecular formula is C14H17F2NO2. The Kier molecular flexibility index (Phi) is 3.58. The maximum absolute atomic E-state index is 14.1. The zero-order valence-corrected chi connectivity index (χ0v) is 10.8. The molecule has 0 aliphatic carbocycles. The quantitative estimate of drug-likeness (QED) is 0.913. The van der Waals surface area contributed by atoms with E-state index in [1.807, 2.05) is 0 Å². The maximum atomic E-state index is 14.1. The SMILES string of the molecule is CC1(C(=O)O)CCN(CC(F)(F)c2ccccc2)C1. The summed E-state index contributed by atoms with van der Waals surface area (Å²) in [5.74, 6) is -3.87. The van der Waals surface area contributed by atoms with E-state index in [-0.39, 0.29) is 12.1 Å². The lowest BCUT2D eigenvalue weighted by Gasteiger charge is -2.25. The highest BCUT2D eigenvalue weighted by atomic mass is 19.3. The minimum atomic E-state index is -2.95. The molecule has 1 saturated heterocycles. The summed E-state index contributed by atoms with van der Waals surface area (Å²) in [6.07, 6.45) is 0.410. The second kappa shape index (κ2) is 4.89. The van der Waals surface area contributed by atoms with Gasteiger partial charge in [0.1, 0.15) is 0 Å². The number of likely N-dealkylation sites (tertiary alicyclic amines) is 1. The van der Waals surface area contributed by atoms with Crippen LogP contribution in [0.25, 0.3) is 0 Å². The van der Waals surface area contributed by atoms with Crippen molar-refractivity contribution in [3.05, 3.63) is 35.9 Å². The summed E-state index contributed by atoms with van der Waals surface area (Å²) in [5.41, 5.74) is -0.939. The Morgan fingerprint density at radius 2 is 2.05 bits per heavy atom. The molecule has 0 aromatic heterocycles. The van der Waals surface area contributed by atoms with Crippen molar-refractivity contribution in [3.63, 3.8) is 0 Å². The van der Waals surface area contributed by atoms with Crippen molar-refractivity contribution < 1.29 is 18.7 Å². The largest absolute Gasteiger partial charge is 0.481 e. The van der Waals surface area contributed by atoms with Crippen LogP contribution in [0.15, 0.2) is 30.3 Å². The number of carbonyl (C=O) groups is 1. The summed E-state index contributed by atoms with van der Waals surface area (Å²) in [6.45, 7) is 1.74. The van der Waals surface area contributed by atoms with Crippen LogP contribution in [-0.2, 0) is 10.7 Å². The predicted octanol–water partition coefficient (Wildman–Crippen LogP) is 2.58. The molecule has 1 aromatic rings. The van der Waals surface area contributed by atoms with Crippen LogP contribution in [0.2, 0.25) is 0 Å². The van der Waals surface area contributed by atoms with Crippen LogP contribution in [0.5, 0.6) is 0 Å². The van der Waals surface area contributed by atoms with Gasteiger partial charge in [-0.3, -0.25) is 9.69 Å². The average molecular weight is 269 g/mol. The predicted molar refractivity (Wildman–Crippen MR) is 67.1 cm³/mol. The number of nitrogens with zero attached hydrogens (tertiary/aromatic N) is 1. The lowest BCUT2D eigenvalue weighted by Crippen LogP contribution is -2.37. The summed E-state index contributed by atoms with van der Waals surface area (Å²) >= 11 is 0. The smallest absolute Gasteiger partial charge is 0.310 e. The normalized spacial score (nSPS) is 24.6. The van der Waals surface area contributed by atoms with Gasteiger partial charge in [0.2, 0.25) is 0 Å². The molecule has 0 radical (unpaired) electrons. The van der Waals surface area contributed by atoms with E-state index in [4.69, 9.17) is 5.11 Å². The van der Waals surface area contributed by atoms with Crippen LogP contribution >= 0.6 is 0 Å². The Balaban J connectivity index is 2.05. The van der Waals surface area contributed by atoms with E-state index in [9.17, 15) is 13.6 Å². The third-order valence-corrected chi connectivity index (χ3v) is 3.69. The zero-order chi connectivity index (χ0) is 14.1. The van der Waals surface area contributed by atoms with E-state index in [0.29, 0.717) is 13.0 Å². The molecule has 3 nitrogen and oxygen atoms in total. The van der Waals surface area contributed by atoms with Crippen LogP contribution in [0.4, 0.5) is 8.78 Å². The van der Waals surface area contributed by atoms with Crippen molar-refractivity contribution in [1.82, 2.24) is 4.90 Å². The van der Waals surface area contributed by atoms with Gasteiger partial charge in [-0.2, -0.15) is 8.78 Å². The van der Waals surface area contributed by atoms with Crippen molar-refractivity contribution in [3.8, 4) is 0 Å². The number of rotatable bonds is 4. The fourth-order valence-corrected chi connectivity index (χ4v) is 2.42. The number of hydrogen-bond donors (Lipinski definition) is 1. The zero-order valence-electron chi connectivity index (χ0n) is 10.8. The van der Waals surface area contributed by atoms with Gasteiger partial charge in [0.15, 0.2) is 0 Å². The summed E-state index contributed by atoms with van der Waals surface area (Å²) in [4.78, 5) is 12.6. The number of aliphatic carboxylic acids is 1. The third-order valence-electron chi connectivity index (χ3n) is 3.69. The number of alkyl halides is 2. The third kappa shape index (κ3) is 2.92. The van der Waals surface area contributed by atoms with E-state index in [1.54, 1.807) is 25.1 Å². The molecule has 0 saturated carbocycles. The highest BCUT2D eigenvalue weighted by Gasteiger charge is 2.44. The summed E-state index contributed by atoms with van der Waals surface area (Å²) in [6, 6.07) is 7.64. The first kappa shape index (κ1) is 13.9. The van der Waals surface area contributed by atoms with Gasteiger partial charge in [-0.05, 0) is 19.9 Å². The number of benzene rings is 1. The van der Waals surface area contributed by atoms with Gasteiger partial charge in [-0.15, -0.1) is 0 Å². The molecule has 1 aromatic carbocycles. The average Bonchev–Trinajstić information content (AvgIpc) is 2.73. The first-order valence-electron chi connectivity index (χ1n) is 6.23. The maximum Gasteiger partial charge on any atom is 0.310 e. The molecule has 0 spiro atoms. The number of carboxylic acids is 1. The first-order chi connectivity index (χ1) is 8.83. The van der Waals surface area contributed by atoms with Gasteiger partial charge in [-0.25, -0.2) is 0 Å². The Morgan fingerprint density at radius 3 is 2.58 bits per heavy atom. The van der Waals surface area contributed by atoms with Crippen molar-refractivity contribution >= 4 is 5.97 Å². The van der Waals surface area contributed by atoms with Gasteiger partial charge >= 0.3 is 5.97 Å². The summed E-state index contributed by atoms with van der Waals surface area (Å²) in [5, 5.41) is 9.09. The molecule has 104 valence electrons. The molecule has 1 N–H and O–H groups in total. The van der Waals surface area contributed by atoms with Crippen molar-refractivity contribution in [1.29, 1.82) is 0 Å². The summed E-state index contributed by atoms with van der Waals surface area (Å²) in [7, 11) is 0. The molecule has 1 fully saturated rings. The Morgan fingerprint density at radius 1 is 1.42 bits per heavy atom. The van der Waals surface area contributed by atoms with Crippen LogP contribution in [-0.4, -0.2) is 35.6 Å². The lowest BCUT2D eigenvalue weighted by molar-refractivity contribution is -0.147. The van der Waals surface area contributed by atoms with E-state index in [0.717, 1.165) is 0 Å². The van der Waals surface area contributed by atoms with Crippen molar-refractivity contribution in [2.24, 2.45) is 5.41 Å². The molecule has 1 heterocycles. The van der Waals surface area contributed by atoms with Crippen molar-refractivity contribution in [2.45, 2.75) is 19.3 Å². The fraction of sp³-hybridized carbons (Fsp3) is 0.500.